The minimum Gasteiger partial charge on any atom is -0.396 e. The molecule has 2 atom stereocenters. The first kappa shape index (κ1) is 20.8. The van der Waals surface area contributed by atoms with Gasteiger partial charge in [0.2, 0.25) is 0 Å². The lowest BCUT2D eigenvalue weighted by molar-refractivity contribution is 0.281. The molecule has 0 radical (unpaired) electrons. The second-order valence-corrected chi connectivity index (χ2v) is 9.20. The van der Waals surface area contributed by atoms with E-state index in [9.17, 15) is 0 Å². The van der Waals surface area contributed by atoms with Crippen LogP contribution in [0.1, 0.15) is 68.6 Å². The highest BCUT2D eigenvalue weighted by Crippen LogP contribution is 2.31. The standard InChI is InChI=1S/C22H37NOS/c1-17(2)10-12-25-16-18-6-7-20-14-21(9-8-19(20)13-18)22(15-23)5-3-4-11-24/h8-9,14,17-18,22,24H,3-7,10-13,15-16,23H2,1-2H3/t18-,22+/m1/s1. The molecule has 0 bridgehead atoms. The summed E-state index contributed by atoms with van der Waals surface area (Å²) in [6, 6.07) is 7.10. The molecule has 1 aliphatic rings. The van der Waals surface area contributed by atoms with Crippen LogP contribution in [0.4, 0.5) is 0 Å². The predicted molar refractivity (Wildman–Crippen MR) is 111 cm³/mol. The highest BCUT2D eigenvalue weighted by molar-refractivity contribution is 7.99. The Kier molecular flexibility index (Phi) is 9.36. The maximum absolute atomic E-state index is 8.98. The van der Waals surface area contributed by atoms with Gasteiger partial charge in [-0.15, -0.1) is 0 Å². The Morgan fingerprint density at radius 1 is 1.20 bits per heavy atom. The van der Waals surface area contributed by atoms with Crippen LogP contribution >= 0.6 is 11.8 Å². The SMILES string of the molecule is CC(C)CCSC[C@@H]1CCc2cc([C@H](CN)CCCCO)ccc2C1. The number of aryl methyl sites for hydroxylation is 1. The smallest absolute Gasteiger partial charge is 0.0431 e. The molecule has 1 aliphatic carbocycles. The molecule has 0 spiro atoms. The Morgan fingerprint density at radius 2 is 2.04 bits per heavy atom. The Labute approximate surface area is 159 Å². The number of benzene rings is 1. The van der Waals surface area contributed by atoms with Crippen LogP contribution in [0.5, 0.6) is 0 Å². The minimum atomic E-state index is 0.290. The highest BCUT2D eigenvalue weighted by Gasteiger charge is 2.20. The maximum Gasteiger partial charge on any atom is 0.0431 e. The van der Waals surface area contributed by atoms with Crippen molar-refractivity contribution in [2.45, 2.75) is 64.7 Å². The molecule has 2 nitrogen and oxygen atoms in total. The van der Waals surface area contributed by atoms with Crippen LogP contribution in [0, 0.1) is 11.8 Å². The lowest BCUT2D eigenvalue weighted by atomic mass is 9.82. The van der Waals surface area contributed by atoms with Crippen LogP contribution in [0.2, 0.25) is 0 Å². The molecular formula is C22H37NOS. The topological polar surface area (TPSA) is 46.2 Å². The van der Waals surface area contributed by atoms with Gasteiger partial charge in [-0.25, -0.2) is 0 Å². The van der Waals surface area contributed by atoms with Gasteiger partial charge in [0, 0.05) is 6.61 Å². The Balaban J connectivity index is 1.87. The zero-order chi connectivity index (χ0) is 18.1. The fraction of sp³-hybridized carbons (Fsp3) is 0.727. The van der Waals surface area contributed by atoms with E-state index in [0.29, 0.717) is 12.5 Å². The van der Waals surface area contributed by atoms with Crippen molar-refractivity contribution in [1.82, 2.24) is 0 Å². The number of thioether (sulfide) groups is 1. The molecule has 0 aromatic heterocycles. The van der Waals surface area contributed by atoms with E-state index in [-0.39, 0.29) is 6.61 Å². The molecule has 142 valence electrons. The second-order valence-electron chi connectivity index (χ2n) is 8.05. The molecule has 0 heterocycles. The molecular weight excluding hydrogens is 326 g/mol. The Hall–Kier alpha value is -0.510. The first-order chi connectivity index (χ1) is 12.1. The van der Waals surface area contributed by atoms with Gasteiger partial charge in [0.25, 0.3) is 0 Å². The quantitative estimate of drug-likeness (QED) is 0.556. The molecule has 25 heavy (non-hydrogen) atoms. The zero-order valence-electron chi connectivity index (χ0n) is 16.2. The number of fused-ring (bicyclic) bond motifs is 1. The van der Waals surface area contributed by atoms with E-state index in [0.717, 1.165) is 31.1 Å². The van der Waals surface area contributed by atoms with Crippen LogP contribution in [0.25, 0.3) is 0 Å². The van der Waals surface area contributed by atoms with Crippen LogP contribution in [0.3, 0.4) is 0 Å². The highest BCUT2D eigenvalue weighted by atomic mass is 32.2. The molecule has 1 aromatic carbocycles. The number of unbranched alkanes of at least 4 members (excludes halogenated alkanes) is 1. The molecule has 0 saturated heterocycles. The summed E-state index contributed by atoms with van der Waals surface area (Å²) in [5.41, 5.74) is 10.5. The normalized spacial score (nSPS) is 18.4. The van der Waals surface area contributed by atoms with Crippen molar-refractivity contribution in [2.24, 2.45) is 17.6 Å². The number of rotatable bonds is 11. The van der Waals surface area contributed by atoms with Crippen LogP contribution in [-0.2, 0) is 12.8 Å². The van der Waals surface area contributed by atoms with E-state index in [1.807, 2.05) is 0 Å². The molecule has 3 heteroatoms. The predicted octanol–water partition coefficient (Wildman–Crippen LogP) is 4.78. The van der Waals surface area contributed by atoms with Crippen molar-refractivity contribution < 1.29 is 5.11 Å². The second kappa shape index (κ2) is 11.3. The monoisotopic (exact) mass is 363 g/mol. The van der Waals surface area contributed by atoms with Gasteiger partial charge in [0.05, 0.1) is 0 Å². The number of hydrogen-bond donors (Lipinski definition) is 2. The van der Waals surface area contributed by atoms with Gasteiger partial charge in [-0.05, 0) is 91.0 Å². The van der Waals surface area contributed by atoms with Gasteiger partial charge in [-0.2, -0.15) is 11.8 Å². The van der Waals surface area contributed by atoms with Crippen molar-refractivity contribution in [1.29, 1.82) is 0 Å². The molecule has 0 unspecified atom stereocenters. The van der Waals surface area contributed by atoms with Gasteiger partial charge >= 0.3 is 0 Å². The van der Waals surface area contributed by atoms with E-state index < -0.39 is 0 Å². The number of aliphatic hydroxyl groups is 1. The maximum atomic E-state index is 8.98. The van der Waals surface area contributed by atoms with E-state index >= 15 is 0 Å². The van der Waals surface area contributed by atoms with Crippen LogP contribution < -0.4 is 5.73 Å². The summed E-state index contributed by atoms with van der Waals surface area (Å²) >= 11 is 2.15. The third-order valence-corrected chi connectivity index (χ3v) is 6.70. The van der Waals surface area contributed by atoms with Crippen molar-refractivity contribution in [2.75, 3.05) is 24.7 Å². The summed E-state index contributed by atoms with van der Waals surface area (Å²) in [6.07, 6.45) is 8.19. The average molecular weight is 364 g/mol. The largest absolute Gasteiger partial charge is 0.396 e. The molecule has 2 rings (SSSR count). The first-order valence-electron chi connectivity index (χ1n) is 10.1. The minimum absolute atomic E-state index is 0.290. The van der Waals surface area contributed by atoms with Crippen LogP contribution in [0.15, 0.2) is 18.2 Å². The van der Waals surface area contributed by atoms with Gasteiger partial charge in [-0.1, -0.05) is 38.5 Å². The number of nitrogens with two attached hydrogens (primary N) is 1. The van der Waals surface area contributed by atoms with E-state index in [1.165, 1.54) is 42.8 Å². The molecule has 1 aromatic rings. The van der Waals surface area contributed by atoms with Gasteiger partial charge < -0.3 is 10.8 Å². The summed E-state index contributed by atoms with van der Waals surface area (Å²) in [4.78, 5) is 0. The summed E-state index contributed by atoms with van der Waals surface area (Å²) in [6.45, 7) is 5.62. The number of hydrogen-bond acceptors (Lipinski definition) is 3. The van der Waals surface area contributed by atoms with Crippen LogP contribution in [-0.4, -0.2) is 29.8 Å². The molecule has 0 fully saturated rings. The van der Waals surface area contributed by atoms with Gasteiger partial charge in [0.15, 0.2) is 0 Å². The van der Waals surface area contributed by atoms with E-state index in [2.05, 4.69) is 43.8 Å². The van der Waals surface area contributed by atoms with Crippen molar-refractivity contribution in [3.63, 3.8) is 0 Å². The fourth-order valence-corrected chi connectivity index (χ4v) is 5.16. The fourth-order valence-electron chi connectivity index (χ4n) is 3.74. The molecule has 0 saturated carbocycles. The lowest BCUT2D eigenvalue weighted by Crippen LogP contribution is -2.18. The summed E-state index contributed by atoms with van der Waals surface area (Å²) in [7, 11) is 0. The third kappa shape index (κ3) is 6.96. The zero-order valence-corrected chi connectivity index (χ0v) is 17.0. The Bertz CT molecular complexity index is 503. The molecule has 0 amide bonds. The van der Waals surface area contributed by atoms with Crippen molar-refractivity contribution in [3.8, 4) is 0 Å². The number of aliphatic hydroxyl groups excluding tert-OH is 1. The Morgan fingerprint density at radius 3 is 2.76 bits per heavy atom. The summed E-state index contributed by atoms with van der Waals surface area (Å²) in [5.74, 6) is 4.75. The average Bonchev–Trinajstić information content (AvgIpc) is 2.62. The summed E-state index contributed by atoms with van der Waals surface area (Å²) in [5, 5.41) is 8.98. The lowest BCUT2D eigenvalue weighted by Gasteiger charge is -2.26. The first-order valence-corrected chi connectivity index (χ1v) is 11.3. The summed E-state index contributed by atoms with van der Waals surface area (Å²) < 4.78 is 0. The third-order valence-electron chi connectivity index (χ3n) is 5.47. The van der Waals surface area contributed by atoms with Gasteiger partial charge in [0.1, 0.15) is 0 Å². The van der Waals surface area contributed by atoms with Gasteiger partial charge in [-0.3, -0.25) is 0 Å². The van der Waals surface area contributed by atoms with Crippen molar-refractivity contribution in [3.05, 3.63) is 34.9 Å². The molecule has 0 aliphatic heterocycles. The van der Waals surface area contributed by atoms with E-state index in [1.54, 1.807) is 11.1 Å². The van der Waals surface area contributed by atoms with Crippen molar-refractivity contribution >= 4 is 11.8 Å². The van der Waals surface area contributed by atoms with E-state index in [4.69, 9.17) is 10.8 Å². The molecule has 3 N–H and O–H groups in total.